The molecule has 3 heterocycles. The van der Waals surface area contributed by atoms with Gasteiger partial charge in [-0.2, -0.15) is 9.78 Å². The molecule has 5 aromatic rings. The minimum Gasteiger partial charge on any atom is -0.463 e. The number of nitrogens with zero attached hydrogens (tertiary/aromatic N) is 3. The fraction of sp³-hybridized carbons (Fsp3) is 0.143. The van der Waals surface area contributed by atoms with Gasteiger partial charge in [-0.15, -0.1) is 0 Å². The largest absolute Gasteiger partial charge is 0.463 e. The van der Waals surface area contributed by atoms with Gasteiger partial charge in [-0.1, -0.05) is 60.7 Å². The summed E-state index contributed by atoms with van der Waals surface area (Å²) in [6, 6.07) is 25.1. The first-order chi connectivity index (χ1) is 17.5. The molecule has 36 heavy (non-hydrogen) atoms. The van der Waals surface area contributed by atoms with E-state index in [1.165, 1.54) is 4.68 Å². The summed E-state index contributed by atoms with van der Waals surface area (Å²) in [5.41, 5.74) is 3.43. The molecule has 0 atom stereocenters. The second kappa shape index (κ2) is 9.87. The van der Waals surface area contributed by atoms with Crippen LogP contribution in [0.15, 0.2) is 94.3 Å². The molecule has 0 unspecified atom stereocenters. The highest BCUT2D eigenvalue weighted by Gasteiger charge is 2.21. The minimum absolute atomic E-state index is 0.132. The molecule has 0 radical (unpaired) electrons. The molecule has 2 aromatic carbocycles. The number of anilines is 1. The van der Waals surface area contributed by atoms with Crippen LogP contribution >= 0.6 is 0 Å². The lowest BCUT2D eigenvalue weighted by atomic mass is 9.88. The van der Waals surface area contributed by atoms with Gasteiger partial charge in [0.05, 0.1) is 6.26 Å². The summed E-state index contributed by atoms with van der Waals surface area (Å²) in [7, 11) is 0. The van der Waals surface area contributed by atoms with Crippen LogP contribution in [0, 0.1) is 13.8 Å². The average Bonchev–Trinajstić information content (AvgIpc) is 3.57. The molecule has 0 saturated heterocycles. The van der Waals surface area contributed by atoms with Crippen LogP contribution in [0.2, 0.25) is 0 Å². The molecule has 5 rings (SSSR count). The van der Waals surface area contributed by atoms with E-state index in [0.29, 0.717) is 28.5 Å². The number of aromatic nitrogens is 4. The molecular weight excluding hydrogens is 454 g/mol. The van der Waals surface area contributed by atoms with Crippen molar-refractivity contribution in [3.63, 3.8) is 0 Å². The van der Waals surface area contributed by atoms with Crippen molar-refractivity contribution in [2.75, 3.05) is 5.32 Å². The van der Waals surface area contributed by atoms with Gasteiger partial charge < -0.3 is 9.73 Å². The molecule has 0 fully saturated rings. The van der Waals surface area contributed by atoms with Crippen molar-refractivity contribution < 1.29 is 9.21 Å². The van der Waals surface area contributed by atoms with Crippen LogP contribution in [0.5, 0.6) is 0 Å². The third-order valence-electron chi connectivity index (χ3n) is 6.13. The van der Waals surface area contributed by atoms with E-state index >= 15 is 0 Å². The smallest absolute Gasteiger partial charge is 0.255 e. The fourth-order valence-electron chi connectivity index (χ4n) is 4.09. The monoisotopic (exact) mass is 479 g/mol. The molecule has 0 aliphatic carbocycles. The predicted molar refractivity (Wildman–Crippen MR) is 137 cm³/mol. The second-order valence-corrected chi connectivity index (χ2v) is 8.53. The number of aromatic amines is 1. The van der Waals surface area contributed by atoms with Crippen molar-refractivity contribution >= 4 is 11.7 Å². The Kier molecular flexibility index (Phi) is 6.32. The first kappa shape index (κ1) is 23.0. The van der Waals surface area contributed by atoms with E-state index in [-0.39, 0.29) is 29.8 Å². The number of carbonyl (C=O) groups is 1. The standard InChI is InChI=1S/C28H25N5O3/c1-18-19(2)29-28(31-27(18)35)33-25(17-23(32-33)24-14-9-15-36-24)30-26(34)16-22(20-10-5-3-6-11-20)21-12-7-4-8-13-21/h3-15,17,22H,16H2,1-2H3,(H,30,34)(H,29,31,35). The Balaban J connectivity index is 1.50. The maximum atomic E-state index is 13.4. The molecule has 0 bridgehead atoms. The van der Waals surface area contributed by atoms with Gasteiger partial charge in [0.1, 0.15) is 11.5 Å². The highest BCUT2D eigenvalue weighted by Crippen LogP contribution is 2.29. The van der Waals surface area contributed by atoms with E-state index in [1.54, 1.807) is 38.3 Å². The van der Waals surface area contributed by atoms with Crippen LogP contribution in [0.25, 0.3) is 17.4 Å². The highest BCUT2D eigenvalue weighted by molar-refractivity contribution is 5.91. The van der Waals surface area contributed by atoms with Crippen molar-refractivity contribution in [2.24, 2.45) is 0 Å². The number of rotatable bonds is 7. The summed E-state index contributed by atoms with van der Waals surface area (Å²) in [5.74, 6) is 0.775. The topological polar surface area (TPSA) is 106 Å². The summed E-state index contributed by atoms with van der Waals surface area (Å²) in [4.78, 5) is 33.0. The van der Waals surface area contributed by atoms with Crippen LogP contribution in [0.1, 0.15) is 34.7 Å². The van der Waals surface area contributed by atoms with Crippen molar-refractivity contribution in [1.82, 2.24) is 19.7 Å². The molecule has 1 amide bonds. The van der Waals surface area contributed by atoms with Crippen LogP contribution < -0.4 is 10.9 Å². The molecule has 0 aliphatic heterocycles. The predicted octanol–water partition coefficient (Wildman–Crippen LogP) is 4.99. The molecule has 0 aliphatic rings. The Morgan fingerprint density at radius 1 is 1.00 bits per heavy atom. The summed E-state index contributed by atoms with van der Waals surface area (Å²) in [6.07, 6.45) is 1.76. The Hall–Kier alpha value is -4.72. The number of carbonyl (C=O) groups excluding carboxylic acids is 1. The Morgan fingerprint density at radius 3 is 2.25 bits per heavy atom. The van der Waals surface area contributed by atoms with Crippen molar-refractivity contribution in [2.45, 2.75) is 26.2 Å². The molecule has 8 nitrogen and oxygen atoms in total. The number of hydrogen-bond donors (Lipinski definition) is 2. The summed E-state index contributed by atoms with van der Waals surface area (Å²) in [6.45, 7) is 3.46. The van der Waals surface area contributed by atoms with Gasteiger partial charge in [0.2, 0.25) is 11.9 Å². The van der Waals surface area contributed by atoms with E-state index in [1.807, 2.05) is 60.7 Å². The van der Waals surface area contributed by atoms with Crippen molar-refractivity contribution in [3.8, 4) is 17.4 Å². The van der Waals surface area contributed by atoms with E-state index in [2.05, 4.69) is 20.4 Å². The van der Waals surface area contributed by atoms with Gasteiger partial charge in [0.15, 0.2) is 5.76 Å². The third-order valence-corrected chi connectivity index (χ3v) is 6.13. The maximum absolute atomic E-state index is 13.4. The van der Waals surface area contributed by atoms with Gasteiger partial charge in [-0.05, 0) is 37.1 Å². The quantitative estimate of drug-likeness (QED) is 0.342. The van der Waals surface area contributed by atoms with E-state index in [4.69, 9.17) is 4.42 Å². The number of furan rings is 1. The lowest BCUT2D eigenvalue weighted by molar-refractivity contribution is -0.116. The number of H-pyrrole nitrogens is 1. The lowest BCUT2D eigenvalue weighted by Gasteiger charge is -2.18. The molecule has 2 N–H and O–H groups in total. The van der Waals surface area contributed by atoms with Crippen molar-refractivity contribution in [1.29, 1.82) is 0 Å². The molecule has 0 spiro atoms. The van der Waals surface area contributed by atoms with Crippen LogP contribution in [0.4, 0.5) is 5.82 Å². The van der Waals surface area contributed by atoms with Gasteiger partial charge in [0.25, 0.3) is 5.56 Å². The number of aryl methyl sites for hydroxylation is 1. The number of hydrogen-bond acceptors (Lipinski definition) is 5. The van der Waals surface area contributed by atoms with Crippen LogP contribution in [0.3, 0.4) is 0 Å². The maximum Gasteiger partial charge on any atom is 0.255 e. The van der Waals surface area contributed by atoms with E-state index in [0.717, 1.165) is 11.1 Å². The Labute approximate surface area is 207 Å². The number of nitrogens with one attached hydrogen (secondary N) is 2. The first-order valence-electron chi connectivity index (χ1n) is 11.6. The van der Waals surface area contributed by atoms with Crippen LogP contribution in [-0.2, 0) is 4.79 Å². The zero-order valence-electron chi connectivity index (χ0n) is 19.9. The zero-order chi connectivity index (χ0) is 25.1. The zero-order valence-corrected chi connectivity index (χ0v) is 19.9. The number of amides is 1. The Morgan fingerprint density at radius 2 is 1.67 bits per heavy atom. The summed E-state index contributed by atoms with van der Waals surface area (Å²) in [5, 5.41) is 7.53. The average molecular weight is 480 g/mol. The summed E-state index contributed by atoms with van der Waals surface area (Å²) < 4.78 is 6.91. The van der Waals surface area contributed by atoms with Crippen LogP contribution in [-0.4, -0.2) is 25.7 Å². The molecule has 8 heteroatoms. The Bertz CT molecular complexity index is 1500. The summed E-state index contributed by atoms with van der Waals surface area (Å²) >= 11 is 0. The molecule has 3 aromatic heterocycles. The first-order valence-corrected chi connectivity index (χ1v) is 11.6. The molecule has 0 saturated carbocycles. The lowest BCUT2D eigenvalue weighted by Crippen LogP contribution is -2.21. The highest BCUT2D eigenvalue weighted by atomic mass is 16.3. The van der Waals surface area contributed by atoms with Gasteiger partial charge in [0, 0.05) is 29.7 Å². The molecular formula is C28H25N5O3. The van der Waals surface area contributed by atoms with Gasteiger partial charge in [-0.3, -0.25) is 14.6 Å². The van der Waals surface area contributed by atoms with Gasteiger partial charge in [-0.25, -0.2) is 4.98 Å². The SMILES string of the molecule is Cc1nc(-n2nc(-c3ccco3)cc2NC(=O)CC(c2ccccc2)c2ccccc2)[nH]c(=O)c1C. The second-order valence-electron chi connectivity index (χ2n) is 8.53. The minimum atomic E-state index is -0.266. The third kappa shape index (κ3) is 4.74. The normalized spacial score (nSPS) is 11.1. The van der Waals surface area contributed by atoms with E-state index < -0.39 is 0 Å². The number of benzene rings is 2. The molecule has 180 valence electrons. The van der Waals surface area contributed by atoms with Crippen molar-refractivity contribution in [3.05, 3.63) is 118 Å². The van der Waals surface area contributed by atoms with Gasteiger partial charge >= 0.3 is 0 Å². The fourth-order valence-corrected chi connectivity index (χ4v) is 4.09. The van der Waals surface area contributed by atoms with E-state index in [9.17, 15) is 9.59 Å².